The summed E-state index contributed by atoms with van der Waals surface area (Å²) in [6.45, 7) is 0. The largest absolute Gasteiger partial charge is 0.495 e. The minimum Gasteiger partial charge on any atom is -0.495 e. The van der Waals surface area contributed by atoms with Gasteiger partial charge in [-0.2, -0.15) is 0 Å². The van der Waals surface area contributed by atoms with Crippen LogP contribution in [0.1, 0.15) is 27.2 Å². The highest BCUT2D eigenvalue weighted by atomic mass is 35.5. The number of benzene rings is 1. The van der Waals surface area contributed by atoms with Crippen LogP contribution < -0.4 is 10.1 Å². The van der Waals surface area contributed by atoms with Gasteiger partial charge < -0.3 is 10.1 Å². The molecule has 0 radical (unpaired) electrons. The highest BCUT2D eigenvalue weighted by Crippen LogP contribution is 2.31. The molecule has 0 unspecified atom stereocenters. The van der Waals surface area contributed by atoms with E-state index >= 15 is 0 Å². The Labute approximate surface area is 140 Å². The number of carbonyl (C=O) groups is 1. The Kier molecular flexibility index (Phi) is 4.35. The molecule has 2 aromatic rings. The average molecular weight is 329 g/mol. The van der Waals surface area contributed by atoms with Crippen molar-refractivity contribution in [2.45, 2.75) is 12.8 Å². The Hall–Kier alpha value is -2.33. The van der Waals surface area contributed by atoms with Crippen LogP contribution in [0.3, 0.4) is 0 Å². The van der Waals surface area contributed by atoms with Gasteiger partial charge in [0.2, 0.25) is 0 Å². The van der Waals surface area contributed by atoms with Crippen LogP contribution in [0.25, 0.3) is 6.08 Å². The van der Waals surface area contributed by atoms with E-state index in [1.54, 1.807) is 26.4 Å². The lowest BCUT2D eigenvalue weighted by Crippen LogP contribution is -2.19. The summed E-state index contributed by atoms with van der Waals surface area (Å²) in [5, 5.41) is 3.28. The van der Waals surface area contributed by atoms with Crippen LogP contribution >= 0.6 is 11.6 Å². The van der Waals surface area contributed by atoms with Crippen molar-refractivity contribution >= 4 is 23.6 Å². The number of pyridine rings is 1. The summed E-state index contributed by atoms with van der Waals surface area (Å²) in [6.07, 6.45) is 5.24. The third-order valence-electron chi connectivity index (χ3n) is 3.95. The normalized spacial score (nSPS) is 12.6. The molecule has 1 heterocycles. The molecule has 0 atom stereocenters. The lowest BCUT2D eigenvalue weighted by molar-refractivity contribution is 0.0962. The zero-order valence-electron chi connectivity index (χ0n) is 13.0. The predicted octanol–water partition coefficient (Wildman–Crippen LogP) is 3.29. The molecule has 1 aliphatic rings. The van der Waals surface area contributed by atoms with E-state index < -0.39 is 0 Å². The number of nitrogens with one attached hydrogen (secondary N) is 1. The second-order valence-electron chi connectivity index (χ2n) is 5.43. The molecule has 1 N–H and O–H groups in total. The summed E-state index contributed by atoms with van der Waals surface area (Å²) >= 11 is 6.06. The summed E-state index contributed by atoms with van der Waals surface area (Å²) in [7, 11) is 3.24. The lowest BCUT2D eigenvalue weighted by Gasteiger charge is -2.08. The third-order valence-corrected chi connectivity index (χ3v) is 4.26. The van der Waals surface area contributed by atoms with Crippen LogP contribution in [0.2, 0.25) is 5.02 Å². The van der Waals surface area contributed by atoms with Gasteiger partial charge in [0.15, 0.2) is 0 Å². The molecule has 0 bridgehead atoms. The molecule has 1 aromatic carbocycles. The van der Waals surface area contributed by atoms with E-state index in [1.807, 2.05) is 18.2 Å². The number of hydrogen-bond donors (Lipinski definition) is 1. The van der Waals surface area contributed by atoms with E-state index in [0.717, 1.165) is 29.7 Å². The van der Waals surface area contributed by atoms with E-state index in [0.29, 0.717) is 16.3 Å². The second-order valence-corrected chi connectivity index (χ2v) is 5.83. The van der Waals surface area contributed by atoms with E-state index in [9.17, 15) is 4.79 Å². The molecule has 1 aromatic heterocycles. The van der Waals surface area contributed by atoms with Gasteiger partial charge in [-0.3, -0.25) is 9.78 Å². The molecular formula is C18H17ClN2O2. The zero-order valence-corrected chi connectivity index (χ0v) is 13.8. The Balaban J connectivity index is 1.83. The number of amides is 1. The number of fused-ring (bicyclic) bond motifs is 1. The maximum Gasteiger partial charge on any atom is 0.251 e. The van der Waals surface area contributed by atoms with Crippen LogP contribution in [-0.2, 0) is 12.8 Å². The molecule has 118 valence electrons. The highest BCUT2D eigenvalue weighted by molar-refractivity contribution is 6.32. The molecule has 0 saturated heterocycles. The van der Waals surface area contributed by atoms with Crippen LogP contribution in [-0.4, -0.2) is 25.0 Å². The Morgan fingerprint density at radius 3 is 2.96 bits per heavy atom. The van der Waals surface area contributed by atoms with Gasteiger partial charge >= 0.3 is 0 Å². The fourth-order valence-electron chi connectivity index (χ4n) is 2.83. The van der Waals surface area contributed by atoms with E-state index in [4.69, 9.17) is 16.3 Å². The monoisotopic (exact) mass is 328 g/mol. The number of nitrogens with zero attached hydrogens (tertiary/aromatic N) is 1. The zero-order chi connectivity index (χ0) is 16.4. The molecule has 5 heteroatoms. The number of carbonyl (C=O) groups excluding carboxylic acids is 1. The van der Waals surface area contributed by atoms with Crippen molar-refractivity contribution in [2.24, 2.45) is 0 Å². The third kappa shape index (κ3) is 3.08. The summed E-state index contributed by atoms with van der Waals surface area (Å²) in [4.78, 5) is 16.3. The van der Waals surface area contributed by atoms with Gasteiger partial charge in [0, 0.05) is 18.8 Å². The number of ether oxygens (including phenoxy) is 1. The van der Waals surface area contributed by atoms with Gasteiger partial charge in [0.25, 0.3) is 5.91 Å². The average Bonchev–Trinajstić information content (AvgIpc) is 2.98. The van der Waals surface area contributed by atoms with Crippen molar-refractivity contribution in [3.8, 4) is 5.75 Å². The first-order valence-corrected chi connectivity index (χ1v) is 7.72. The Bertz CT molecular complexity index is 800. The summed E-state index contributed by atoms with van der Waals surface area (Å²) in [6, 6.07) is 7.54. The number of halogens is 1. The van der Waals surface area contributed by atoms with Crippen molar-refractivity contribution in [1.82, 2.24) is 10.3 Å². The number of allylic oxidation sites excluding steroid dienone is 1. The SMILES string of the molecule is CNC(=O)c1ccnc2c1CC(Cc1ccc(Cl)c(OC)c1)=C2. The molecule has 4 nitrogen and oxygen atoms in total. The summed E-state index contributed by atoms with van der Waals surface area (Å²) in [5.74, 6) is 0.593. The van der Waals surface area contributed by atoms with Crippen molar-refractivity contribution in [3.63, 3.8) is 0 Å². The second kappa shape index (κ2) is 6.42. The number of hydrogen-bond acceptors (Lipinski definition) is 3. The van der Waals surface area contributed by atoms with Gasteiger partial charge in [-0.15, -0.1) is 0 Å². The number of rotatable bonds is 4. The minimum absolute atomic E-state index is 0.0773. The first-order chi connectivity index (χ1) is 11.1. The first-order valence-electron chi connectivity index (χ1n) is 7.34. The summed E-state index contributed by atoms with van der Waals surface area (Å²) in [5.41, 5.74) is 4.89. The van der Waals surface area contributed by atoms with E-state index in [-0.39, 0.29) is 5.91 Å². The van der Waals surface area contributed by atoms with Crippen LogP contribution in [0, 0.1) is 0 Å². The quantitative estimate of drug-likeness (QED) is 0.937. The maximum atomic E-state index is 12.0. The molecule has 0 spiro atoms. The lowest BCUT2D eigenvalue weighted by atomic mass is 10.0. The Morgan fingerprint density at radius 2 is 2.22 bits per heavy atom. The molecule has 1 aliphatic carbocycles. The molecule has 3 rings (SSSR count). The maximum absolute atomic E-state index is 12.0. The Morgan fingerprint density at radius 1 is 1.39 bits per heavy atom. The van der Waals surface area contributed by atoms with Crippen molar-refractivity contribution in [1.29, 1.82) is 0 Å². The molecule has 23 heavy (non-hydrogen) atoms. The standard InChI is InChI=1S/C18H17ClN2O2/c1-20-18(22)13-5-6-21-16-9-12(8-14(13)16)7-11-3-4-15(19)17(10-11)23-2/h3-6,9-10H,7-8H2,1-2H3,(H,20,22). The van der Waals surface area contributed by atoms with Gasteiger partial charge in [0.1, 0.15) is 5.75 Å². The number of aromatic nitrogens is 1. The molecule has 1 amide bonds. The summed E-state index contributed by atoms with van der Waals surface area (Å²) < 4.78 is 5.26. The van der Waals surface area contributed by atoms with Crippen LogP contribution in [0.15, 0.2) is 36.0 Å². The van der Waals surface area contributed by atoms with Gasteiger partial charge in [-0.25, -0.2) is 0 Å². The fourth-order valence-corrected chi connectivity index (χ4v) is 3.02. The van der Waals surface area contributed by atoms with Crippen molar-refractivity contribution in [3.05, 3.63) is 63.4 Å². The first kappa shape index (κ1) is 15.6. The topological polar surface area (TPSA) is 51.2 Å². The van der Waals surface area contributed by atoms with Crippen molar-refractivity contribution in [2.75, 3.05) is 14.2 Å². The van der Waals surface area contributed by atoms with Gasteiger partial charge in [-0.05, 0) is 48.2 Å². The molecule has 0 aliphatic heterocycles. The molecule has 0 fully saturated rings. The fraction of sp³-hybridized carbons (Fsp3) is 0.222. The predicted molar refractivity (Wildman–Crippen MR) is 91.0 cm³/mol. The molecule has 0 saturated carbocycles. The van der Waals surface area contributed by atoms with Gasteiger partial charge in [-0.1, -0.05) is 23.2 Å². The smallest absolute Gasteiger partial charge is 0.251 e. The minimum atomic E-state index is -0.0773. The van der Waals surface area contributed by atoms with E-state index in [1.165, 1.54) is 5.57 Å². The molecular weight excluding hydrogens is 312 g/mol. The van der Waals surface area contributed by atoms with Crippen LogP contribution in [0.4, 0.5) is 0 Å². The van der Waals surface area contributed by atoms with Gasteiger partial charge in [0.05, 0.1) is 17.8 Å². The van der Waals surface area contributed by atoms with Crippen molar-refractivity contribution < 1.29 is 9.53 Å². The highest BCUT2D eigenvalue weighted by Gasteiger charge is 2.20. The van der Waals surface area contributed by atoms with E-state index in [2.05, 4.69) is 16.4 Å². The number of methoxy groups -OCH3 is 1. The van der Waals surface area contributed by atoms with Crippen LogP contribution in [0.5, 0.6) is 5.75 Å².